The molecule has 0 amide bonds. The van der Waals surface area contributed by atoms with E-state index in [0.29, 0.717) is 113 Å². The van der Waals surface area contributed by atoms with E-state index in [1.54, 1.807) is 95.4 Å². The van der Waals surface area contributed by atoms with Gasteiger partial charge in [0.1, 0.15) is 33.8 Å². The molecule has 4 aromatic heterocycles. The van der Waals surface area contributed by atoms with Gasteiger partial charge in [0, 0.05) is 0 Å². The first-order valence-electron chi connectivity index (χ1n) is 14.8. The van der Waals surface area contributed by atoms with Crippen LogP contribution in [-0.2, 0) is 18.9 Å². The van der Waals surface area contributed by atoms with Gasteiger partial charge < -0.3 is 62.3 Å². The number of methoxy groups -OCH3 is 10. The number of aromatic amines is 3. The zero-order chi connectivity index (χ0) is 35.0. The summed E-state index contributed by atoms with van der Waals surface area (Å²) in [6.45, 7) is 0. The molecule has 0 atom stereocenters. The second-order valence-electron chi connectivity index (χ2n) is 10.5. The Labute approximate surface area is 281 Å². The number of hydrogen-bond acceptors (Lipinski definition) is 12. The molecule has 2 aliphatic rings. The fraction of sp³-hybridized carbons (Fsp3) is 0.294. The Morgan fingerprint density at radius 1 is 0.327 bits per heavy atom. The molecule has 10 bridgehead atoms. The summed E-state index contributed by atoms with van der Waals surface area (Å²) in [6.07, 6.45) is 0. The smallest absolute Gasteiger partial charge is 0.188 e. The van der Waals surface area contributed by atoms with E-state index in [1.165, 1.54) is 0 Å². The Balaban J connectivity index is 1.90. The average molecular weight is 676 g/mol. The van der Waals surface area contributed by atoms with Gasteiger partial charge in [0.05, 0.1) is 93.2 Å². The molecule has 0 fully saturated rings. The monoisotopic (exact) mass is 675 g/mol. The molecular formula is C34H37N5O10. The zero-order valence-corrected chi connectivity index (χ0v) is 28.8. The lowest BCUT2D eigenvalue weighted by molar-refractivity contribution is 0.331. The van der Waals surface area contributed by atoms with E-state index in [2.05, 4.69) is 15.0 Å². The molecule has 258 valence electrons. The van der Waals surface area contributed by atoms with Crippen LogP contribution in [0.3, 0.4) is 0 Å². The van der Waals surface area contributed by atoms with Crippen molar-refractivity contribution in [2.75, 3.05) is 71.1 Å². The Hall–Kier alpha value is -6.12. The van der Waals surface area contributed by atoms with Crippen molar-refractivity contribution in [3.05, 3.63) is 47.0 Å². The number of aromatic nitrogens is 5. The Morgan fingerprint density at radius 3 is 0.816 bits per heavy atom. The van der Waals surface area contributed by atoms with Crippen molar-refractivity contribution in [1.29, 1.82) is 0 Å². The summed E-state index contributed by atoms with van der Waals surface area (Å²) < 4.78 is 58.3. The van der Waals surface area contributed by atoms with Gasteiger partial charge in [0.15, 0.2) is 57.5 Å². The number of rotatable bonds is 10. The molecule has 2 aliphatic heterocycles. The number of nitrogens with one attached hydrogen (secondary N) is 3. The second kappa shape index (κ2) is 13.2. The summed E-state index contributed by atoms with van der Waals surface area (Å²) in [5, 5.41) is 0. The number of ether oxygens (including phenoxy) is 10. The number of nitrogens with zero attached hydrogens (tertiary/aromatic N) is 2. The fourth-order valence-electron chi connectivity index (χ4n) is 6.09. The van der Waals surface area contributed by atoms with Crippen LogP contribution in [0, 0.1) is 0 Å². The van der Waals surface area contributed by atoms with Gasteiger partial charge in [0.25, 0.3) is 0 Å². The van der Waals surface area contributed by atoms with Crippen LogP contribution in [0.4, 0.5) is 0 Å². The summed E-state index contributed by atoms with van der Waals surface area (Å²) in [7, 11) is 15.4. The number of fused-ring (bicyclic) bond motifs is 11. The molecule has 3 N–H and O–H groups in total. The van der Waals surface area contributed by atoms with Crippen molar-refractivity contribution in [3.63, 3.8) is 0 Å². The molecule has 0 aromatic carbocycles. The van der Waals surface area contributed by atoms with E-state index >= 15 is 0 Å². The third-order valence-corrected chi connectivity index (χ3v) is 8.08. The van der Waals surface area contributed by atoms with Gasteiger partial charge >= 0.3 is 0 Å². The highest BCUT2D eigenvalue weighted by Crippen LogP contribution is 2.46. The Morgan fingerprint density at radius 2 is 0.571 bits per heavy atom. The molecule has 4 aromatic rings. The van der Waals surface area contributed by atoms with Crippen LogP contribution in [0.25, 0.3) is 56.1 Å². The molecule has 0 unspecified atom stereocenters. The first-order chi connectivity index (χ1) is 23.8. The lowest BCUT2D eigenvalue weighted by Crippen LogP contribution is -1.90. The number of H-pyrrole nitrogens is 3. The quantitative estimate of drug-likeness (QED) is 0.190. The highest BCUT2D eigenvalue weighted by atomic mass is 16.5. The molecule has 0 spiro atoms. The van der Waals surface area contributed by atoms with Crippen LogP contribution in [0.1, 0.15) is 22.8 Å². The fourth-order valence-corrected chi connectivity index (χ4v) is 6.09. The van der Waals surface area contributed by atoms with Crippen LogP contribution in [0.15, 0.2) is 24.3 Å². The maximum atomic E-state index is 5.87. The standard InChI is InChI=1S/C34H37N5O10/c1-40-25-15-11-17-27(42-3)29(44-5)19(36-17)13-21-31(46-7)33(48-9)23(38-21)24-34(49-10)32(47-8)22(39-24)14-20-30(45-6)28(43-4)18(37-20)12-16(35-15)26(25)41-2/h11-14,35,38-39H,1-10H3. The molecule has 0 saturated carbocycles. The third-order valence-electron chi connectivity index (χ3n) is 8.08. The van der Waals surface area contributed by atoms with Gasteiger partial charge in [-0.15, -0.1) is 0 Å². The SMILES string of the molecule is COC1=C(OC)c2cc3[nH]c(c(OC)c3OC)c3[nH]c(cc4nc(cc5[nH]c(cc1n2)c(OC)c5OC)C(OC)=C4OC)c(OC)c3OC. The predicted octanol–water partition coefficient (Wildman–Crippen LogP) is 5.65. The number of hydrogen-bond donors (Lipinski definition) is 3. The van der Waals surface area contributed by atoms with E-state index in [-0.39, 0.29) is 0 Å². The van der Waals surface area contributed by atoms with Crippen molar-refractivity contribution in [2.24, 2.45) is 0 Å². The summed E-state index contributed by atoms with van der Waals surface area (Å²) >= 11 is 0. The predicted molar refractivity (Wildman–Crippen MR) is 183 cm³/mol. The van der Waals surface area contributed by atoms with Gasteiger partial charge in [-0.1, -0.05) is 0 Å². The summed E-state index contributed by atoms with van der Waals surface area (Å²) in [5.74, 6) is 4.06. The van der Waals surface area contributed by atoms with Crippen LogP contribution in [-0.4, -0.2) is 96.0 Å². The highest BCUT2D eigenvalue weighted by molar-refractivity contribution is 5.99. The second-order valence-corrected chi connectivity index (χ2v) is 10.5. The van der Waals surface area contributed by atoms with E-state index in [0.717, 1.165) is 0 Å². The molecule has 0 radical (unpaired) electrons. The first-order valence-corrected chi connectivity index (χ1v) is 14.8. The van der Waals surface area contributed by atoms with Crippen molar-refractivity contribution in [3.8, 4) is 34.5 Å². The maximum absolute atomic E-state index is 5.87. The van der Waals surface area contributed by atoms with Crippen LogP contribution in [0.2, 0.25) is 0 Å². The van der Waals surface area contributed by atoms with Gasteiger partial charge in [-0.25, -0.2) is 9.97 Å². The van der Waals surface area contributed by atoms with Crippen molar-refractivity contribution >= 4 is 56.1 Å². The summed E-state index contributed by atoms with van der Waals surface area (Å²) in [6, 6.07) is 7.09. The van der Waals surface area contributed by atoms with E-state index in [1.807, 2.05) is 0 Å². The maximum Gasteiger partial charge on any atom is 0.188 e. The van der Waals surface area contributed by atoms with Gasteiger partial charge in [-0.3, -0.25) is 0 Å². The first kappa shape index (κ1) is 32.8. The molecule has 6 rings (SSSR count). The highest BCUT2D eigenvalue weighted by Gasteiger charge is 2.27. The summed E-state index contributed by atoms with van der Waals surface area (Å²) in [4.78, 5) is 20.0. The summed E-state index contributed by atoms with van der Waals surface area (Å²) in [5.41, 5.74) is 5.03. The van der Waals surface area contributed by atoms with Crippen LogP contribution < -0.4 is 28.4 Å². The Kier molecular flexibility index (Phi) is 8.82. The van der Waals surface area contributed by atoms with Gasteiger partial charge in [0.2, 0.25) is 0 Å². The van der Waals surface area contributed by atoms with Gasteiger partial charge in [-0.05, 0) is 24.3 Å². The normalized spacial score (nSPS) is 12.5. The van der Waals surface area contributed by atoms with Crippen LogP contribution >= 0.6 is 0 Å². The minimum Gasteiger partial charge on any atom is -0.491 e. The molecule has 0 saturated heterocycles. The van der Waals surface area contributed by atoms with Crippen molar-refractivity contribution in [2.45, 2.75) is 0 Å². The molecule has 15 nitrogen and oxygen atoms in total. The average Bonchev–Trinajstić information content (AvgIpc) is 3.90. The molecule has 15 heteroatoms. The Bertz CT molecular complexity index is 2060. The lowest BCUT2D eigenvalue weighted by Gasteiger charge is -2.05. The molecule has 49 heavy (non-hydrogen) atoms. The van der Waals surface area contributed by atoms with E-state index in [9.17, 15) is 0 Å². The third kappa shape index (κ3) is 5.14. The molecule has 6 heterocycles. The minimum atomic E-state index is 0.394. The van der Waals surface area contributed by atoms with Crippen molar-refractivity contribution in [1.82, 2.24) is 24.9 Å². The van der Waals surface area contributed by atoms with Crippen molar-refractivity contribution < 1.29 is 47.4 Å². The lowest BCUT2D eigenvalue weighted by atomic mass is 10.2. The van der Waals surface area contributed by atoms with Gasteiger partial charge in [-0.2, -0.15) is 0 Å². The zero-order valence-electron chi connectivity index (χ0n) is 28.8. The minimum absolute atomic E-state index is 0.394. The van der Waals surface area contributed by atoms with E-state index in [4.69, 9.17) is 57.3 Å². The topological polar surface area (TPSA) is 165 Å². The molecule has 0 aliphatic carbocycles. The largest absolute Gasteiger partial charge is 0.491 e. The van der Waals surface area contributed by atoms with Crippen LogP contribution in [0.5, 0.6) is 34.5 Å². The molecular weight excluding hydrogens is 638 g/mol. The van der Waals surface area contributed by atoms with E-state index < -0.39 is 0 Å².